The molecular formula is C24H28N4O2S2. The Hall–Kier alpha value is -2.19. The Kier molecular flexibility index (Phi) is 6.07. The maximum Gasteiger partial charge on any atom is 0.267 e. The second kappa shape index (κ2) is 8.98. The molecule has 1 amide bonds. The van der Waals surface area contributed by atoms with E-state index in [-0.39, 0.29) is 17.5 Å². The van der Waals surface area contributed by atoms with Gasteiger partial charge in [-0.25, -0.2) is 4.98 Å². The second-order valence-electron chi connectivity index (χ2n) is 9.12. The van der Waals surface area contributed by atoms with E-state index in [2.05, 4.69) is 11.8 Å². The molecule has 2 saturated heterocycles. The van der Waals surface area contributed by atoms with Gasteiger partial charge in [-0.3, -0.25) is 18.9 Å². The highest BCUT2D eigenvalue weighted by Crippen LogP contribution is 2.38. The fourth-order valence-corrected chi connectivity index (χ4v) is 6.49. The second-order valence-corrected chi connectivity index (χ2v) is 10.8. The van der Waals surface area contributed by atoms with Crippen molar-refractivity contribution in [2.45, 2.75) is 57.9 Å². The average Bonchev–Trinajstić information content (AvgIpc) is 3.09. The minimum absolute atomic E-state index is 0.0672. The van der Waals surface area contributed by atoms with Crippen LogP contribution in [0.4, 0.5) is 5.82 Å². The summed E-state index contributed by atoms with van der Waals surface area (Å²) in [6.07, 6.45) is 11.2. The monoisotopic (exact) mass is 468 g/mol. The van der Waals surface area contributed by atoms with Crippen LogP contribution < -0.4 is 10.5 Å². The molecule has 1 saturated carbocycles. The number of thiocarbonyl (C=S) groups is 1. The van der Waals surface area contributed by atoms with E-state index in [1.54, 1.807) is 21.6 Å². The van der Waals surface area contributed by atoms with Gasteiger partial charge in [-0.05, 0) is 49.8 Å². The molecular weight excluding hydrogens is 440 g/mol. The lowest BCUT2D eigenvalue weighted by atomic mass is 9.94. The predicted octanol–water partition coefficient (Wildman–Crippen LogP) is 4.46. The fraction of sp³-hybridized carbons (Fsp3) is 0.500. The number of rotatable bonds is 3. The zero-order valence-electron chi connectivity index (χ0n) is 18.3. The summed E-state index contributed by atoms with van der Waals surface area (Å²) in [6.45, 7) is 3.96. The maximum absolute atomic E-state index is 13.5. The van der Waals surface area contributed by atoms with Gasteiger partial charge < -0.3 is 4.90 Å². The van der Waals surface area contributed by atoms with E-state index in [1.165, 1.54) is 24.6 Å². The van der Waals surface area contributed by atoms with Gasteiger partial charge in [0.15, 0.2) is 0 Å². The van der Waals surface area contributed by atoms with Crippen molar-refractivity contribution in [1.29, 1.82) is 0 Å². The molecule has 2 aliphatic heterocycles. The van der Waals surface area contributed by atoms with Crippen LogP contribution in [0.3, 0.4) is 0 Å². The van der Waals surface area contributed by atoms with E-state index in [1.807, 2.05) is 18.2 Å². The van der Waals surface area contributed by atoms with Crippen molar-refractivity contribution >= 4 is 51.7 Å². The minimum Gasteiger partial charge on any atom is -0.356 e. The summed E-state index contributed by atoms with van der Waals surface area (Å²) >= 11 is 6.91. The van der Waals surface area contributed by atoms with Gasteiger partial charge in [0.05, 0.1) is 10.5 Å². The van der Waals surface area contributed by atoms with E-state index in [0.717, 1.165) is 45.2 Å². The highest BCUT2D eigenvalue weighted by atomic mass is 32.2. The van der Waals surface area contributed by atoms with Crippen LogP contribution in [-0.4, -0.2) is 43.6 Å². The van der Waals surface area contributed by atoms with Crippen molar-refractivity contribution in [3.63, 3.8) is 0 Å². The Morgan fingerprint density at radius 1 is 1.12 bits per heavy atom. The molecule has 0 spiro atoms. The van der Waals surface area contributed by atoms with Crippen molar-refractivity contribution in [2.24, 2.45) is 5.92 Å². The number of hydrogen-bond acceptors (Lipinski definition) is 6. The molecule has 32 heavy (non-hydrogen) atoms. The van der Waals surface area contributed by atoms with Gasteiger partial charge in [-0.1, -0.05) is 56.2 Å². The first-order valence-electron chi connectivity index (χ1n) is 11.6. The number of nitrogens with zero attached hydrogens (tertiary/aromatic N) is 4. The highest BCUT2D eigenvalue weighted by Gasteiger charge is 2.38. The summed E-state index contributed by atoms with van der Waals surface area (Å²) in [4.78, 5) is 36.2. The number of carbonyl (C=O) groups is 1. The third-order valence-corrected chi connectivity index (χ3v) is 8.07. The van der Waals surface area contributed by atoms with Gasteiger partial charge in [-0.15, -0.1) is 0 Å². The average molecular weight is 469 g/mol. The van der Waals surface area contributed by atoms with Crippen LogP contribution in [0.15, 0.2) is 34.1 Å². The minimum atomic E-state index is -0.147. The van der Waals surface area contributed by atoms with E-state index < -0.39 is 0 Å². The summed E-state index contributed by atoms with van der Waals surface area (Å²) in [5.41, 5.74) is 0.955. The smallest absolute Gasteiger partial charge is 0.267 e. The first-order valence-corrected chi connectivity index (χ1v) is 12.8. The number of thioether (sulfide) groups is 1. The van der Waals surface area contributed by atoms with Crippen LogP contribution in [0.2, 0.25) is 0 Å². The van der Waals surface area contributed by atoms with Crippen LogP contribution in [0.5, 0.6) is 0 Å². The number of aromatic nitrogens is 2. The van der Waals surface area contributed by atoms with E-state index in [0.29, 0.717) is 32.2 Å². The van der Waals surface area contributed by atoms with E-state index >= 15 is 0 Å². The van der Waals surface area contributed by atoms with Crippen LogP contribution in [0.1, 0.15) is 57.4 Å². The summed E-state index contributed by atoms with van der Waals surface area (Å²) in [5, 5.41) is 0. The zero-order chi connectivity index (χ0) is 22.2. The lowest BCUT2D eigenvalue weighted by Gasteiger charge is -2.32. The molecule has 0 radical (unpaired) electrons. The van der Waals surface area contributed by atoms with Crippen molar-refractivity contribution in [3.05, 3.63) is 45.2 Å². The SMILES string of the molecule is CC1CCCN(c2nc3ccccn3c(=O)c2/C=C2\SC(=S)N(C3CCCCC3)C2=O)C1. The molecule has 0 bridgehead atoms. The van der Waals surface area contributed by atoms with E-state index in [4.69, 9.17) is 17.2 Å². The molecule has 5 rings (SSSR count). The Morgan fingerprint density at radius 2 is 1.94 bits per heavy atom. The van der Waals surface area contributed by atoms with Crippen molar-refractivity contribution in [1.82, 2.24) is 14.3 Å². The molecule has 2 aromatic rings. The normalized spacial score (nSPS) is 24.2. The summed E-state index contributed by atoms with van der Waals surface area (Å²) in [5.74, 6) is 1.15. The van der Waals surface area contributed by atoms with Crippen molar-refractivity contribution in [2.75, 3.05) is 18.0 Å². The first kappa shape index (κ1) is 21.6. The van der Waals surface area contributed by atoms with Gasteiger partial charge in [0.25, 0.3) is 11.5 Å². The first-order chi connectivity index (χ1) is 15.5. The van der Waals surface area contributed by atoms with Crippen LogP contribution in [0, 0.1) is 5.92 Å². The number of hydrogen-bond donors (Lipinski definition) is 0. The third kappa shape index (κ3) is 3.99. The molecule has 3 aliphatic rings. The van der Waals surface area contributed by atoms with E-state index in [9.17, 15) is 9.59 Å². The maximum atomic E-state index is 13.5. The van der Waals surface area contributed by atoms with Crippen molar-refractivity contribution < 1.29 is 4.79 Å². The third-order valence-electron chi connectivity index (χ3n) is 6.74. The van der Waals surface area contributed by atoms with Crippen LogP contribution in [-0.2, 0) is 4.79 Å². The molecule has 1 atom stereocenters. The molecule has 8 heteroatoms. The number of fused-ring (bicyclic) bond motifs is 1. The molecule has 168 valence electrons. The molecule has 2 aromatic heterocycles. The van der Waals surface area contributed by atoms with Crippen LogP contribution >= 0.6 is 24.0 Å². The number of carbonyl (C=O) groups excluding carboxylic acids is 1. The Labute approximate surface area is 197 Å². The Bertz CT molecular complexity index is 1150. The summed E-state index contributed by atoms with van der Waals surface area (Å²) in [7, 11) is 0. The van der Waals surface area contributed by atoms with Crippen molar-refractivity contribution in [3.8, 4) is 0 Å². The van der Waals surface area contributed by atoms with Gasteiger partial charge in [-0.2, -0.15) is 0 Å². The molecule has 3 fully saturated rings. The standard InChI is InChI=1S/C24H28N4O2S2/c1-16-8-7-12-26(15-16)21-18(22(29)27-13-6-5-11-20(27)25-21)14-19-23(30)28(24(31)32-19)17-9-3-2-4-10-17/h5-6,11,13-14,16-17H,2-4,7-10,12,15H2,1H3/b19-14-. The summed E-state index contributed by atoms with van der Waals surface area (Å²) in [6, 6.07) is 5.75. The summed E-state index contributed by atoms with van der Waals surface area (Å²) < 4.78 is 2.17. The number of anilines is 1. The largest absolute Gasteiger partial charge is 0.356 e. The number of piperidine rings is 1. The number of amides is 1. The lowest BCUT2D eigenvalue weighted by Crippen LogP contribution is -2.39. The topological polar surface area (TPSA) is 57.9 Å². The Balaban J connectivity index is 1.58. The quantitative estimate of drug-likeness (QED) is 0.490. The molecule has 1 unspecified atom stereocenters. The highest BCUT2D eigenvalue weighted by molar-refractivity contribution is 8.26. The molecule has 0 N–H and O–H groups in total. The predicted molar refractivity (Wildman–Crippen MR) is 134 cm³/mol. The molecule has 4 heterocycles. The zero-order valence-corrected chi connectivity index (χ0v) is 20.0. The molecule has 1 aliphatic carbocycles. The molecule has 0 aromatic carbocycles. The molecule has 6 nitrogen and oxygen atoms in total. The van der Waals surface area contributed by atoms with Gasteiger partial charge in [0.2, 0.25) is 0 Å². The Morgan fingerprint density at radius 3 is 2.72 bits per heavy atom. The number of pyridine rings is 1. The van der Waals surface area contributed by atoms with Gasteiger partial charge >= 0.3 is 0 Å². The lowest BCUT2D eigenvalue weighted by molar-refractivity contribution is -0.124. The van der Waals surface area contributed by atoms with Crippen LogP contribution in [0.25, 0.3) is 11.7 Å². The fourth-order valence-electron chi connectivity index (χ4n) is 5.11. The van der Waals surface area contributed by atoms with Gasteiger partial charge in [0, 0.05) is 25.3 Å². The van der Waals surface area contributed by atoms with Gasteiger partial charge in [0.1, 0.15) is 15.8 Å².